The van der Waals surface area contributed by atoms with E-state index in [0.29, 0.717) is 19.3 Å². The van der Waals surface area contributed by atoms with Gasteiger partial charge in [-0.3, -0.25) is 14.4 Å². The Labute approximate surface area is 361 Å². The van der Waals surface area contributed by atoms with Crippen LogP contribution in [0, 0.1) is 5.92 Å². The molecule has 0 saturated carbocycles. The lowest BCUT2D eigenvalue weighted by Crippen LogP contribution is -2.30. The summed E-state index contributed by atoms with van der Waals surface area (Å²) in [7, 11) is 0. The number of ether oxygens (including phenoxy) is 3. The van der Waals surface area contributed by atoms with Gasteiger partial charge in [-0.2, -0.15) is 0 Å². The van der Waals surface area contributed by atoms with Gasteiger partial charge in [0.15, 0.2) is 6.10 Å². The third-order valence-electron chi connectivity index (χ3n) is 11.8. The third kappa shape index (κ3) is 45.5. The van der Waals surface area contributed by atoms with E-state index in [1.165, 1.54) is 186 Å². The van der Waals surface area contributed by atoms with Crippen LogP contribution in [0.15, 0.2) is 0 Å². The van der Waals surface area contributed by atoms with Crippen molar-refractivity contribution in [3.05, 3.63) is 0 Å². The molecule has 0 unspecified atom stereocenters. The average Bonchev–Trinajstić information content (AvgIpc) is 3.21. The SMILES string of the molecule is CCCCCCCCCCCCCCCCC(=O)OC[C@@H](COC(=O)CCCCCCCCCCCCCCCCCCC(C)C)OC(=O)CCCCCCCCC. The number of carbonyl (C=O) groups is 3. The maximum absolute atomic E-state index is 12.7. The number of hydrogen-bond acceptors (Lipinski definition) is 6. The Balaban J connectivity index is 4.13. The summed E-state index contributed by atoms with van der Waals surface area (Å²) in [5.41, 5.74) is 0. The molecule has 0 spiro atoms. The molecular formula is C52H100O6. The molecule has 0 aromatic carbocycles. The standard InChI is InChI=1S/C52H100O6/c1-5-7-9-11-13-14-15-16-22-25-28-32-35-39-43-50(53)56-46-49(58-52(55)45-41-37-30-12-10-8-6-2)47-57-51(54)44-40-36-33-29-26-23-20-18-17-19-21-24-27-31-34-38-42-48(3)4/h48-49H,5-47H2,1-4H3/t49-/m0/s1. The fourth-order valence-electron chi connectivity index (χ4n) is 7.86. The van der Waals surface area contributed by atoms with E-state index in [-0.39, 0.29) is 31.1 Å². The maximum atomic E-state index is 12.7. The van der Waals surface area contributed by atoms with E-state index in [1.807, 2.05) is 0 Å². The summed E-state index contributed by atoms with van der Waals surface area (Å²) in [5.74, 6) is 0.00155. The van der Waals surface area contributed by atoms with Crippen molar-refractivity contribution in [1.29, 1.82) is 0 Å². The van der Waals surface area contributed by atoms with Gasteiger partial charge < -0.3 is 14.2 Å². The lowest BCUT2D eigenvalue weighted by Gasteiger charge is -2.18. The van der Waals surface area contributed by atoms with Crippen molar-refractivity contribution in [2.45, 2.75) is 297 Å². The van der Waals surface area contributed by atoms with E-state index in [0.717, 1.165) is 63.7 Å². The third-order valence-corrected chi connectivity index (χ3v) is 11.8. The van der Waals surface area contributed by atoms with E-state index in [4.69, 9.17) is 14.2 Å². The highest BCUT2D eigenvalue weighted by Crippen LogP contribution is 2.17. The molecule has 344 valence electrons. The van der Waals surface area contributed by atoms with Crippen LogP contribution < -0.4 is 0 Å². The molecule has 0 N–H and O–H groups in total. The van der Waals surface area contributed by atoms with Crippen LogP contribution in [0.3, 0.4) is 0 Å². The van der Waals surface area contributed by atoms with Crippen LogP contribution in [-0.2, 0) is 28.6 Å². The Morgan fingerprint density at radius 2 is 0.569 bits per heavy atom. The first-order valence-electron chi connectivity index (χ1n) is 25.9. The lowest BCUT2D eigenvalue weighted by atomic mass is 10.0. The molecule has 0 aliphatic heterocycles. The largest absolute Gasteiger partial charge is 0.462 e. The van der Waals surface area contributed by atoms with Gasteiger partial charge in [-0.1, -0.05) is 252 Å². The molecule has 0 radical (unpaired) electrons. The number of hydrogen-bond donors (Lipinski definition) is 0. The quantitative estimate of drug-likeness (QED) is 0.0346. The van der Waals surface area contributed by atoms with Crippen LogP contribution in [-0.4, -0.2) is 37.2 Å². The van der Waals surface area contributed by atoms with E-state index in [9.17, 15) is 14.4 Å². The van der Waals surface area contributed by atoms with Crippen molar-refractivity contribution in [3.8, 4) is 0 Å². The Hall–Kier alpha value is -1.59. The summed E-state index contributed by atoms with van der Waals surface area (Å²) in [4.78, 5) is 37.8. The molecular weight excluding hydrogens is 721 g/mol. The topological polar surface area (TPSA) is 78.9 Å². The zero-order valence-electron chi connectivity index (χ0n) is 39.5. The molecule has 0 fully saturated rings. The van der Waals surface area contributed by atoms with Gasteiger partial charge in [0.2, 0.25) is 0 Å². The predicted molar refractivity (Wildman–Crippen MR) is 247 cm³/mol. The Kier molecular flexibility index (Phi) is 45.2. The van der Waals surface area contributed by atoms with E-state index >= 15 is 0 Å². The summed E-state index contributed by atoms with van der Waals surface area (Å²) in [6, 6.07) is 0. The van der Waals surface area contributed by atoms with Crippen LogP contribution in [0.2, 0.25) is 0 Å². The molecule has 6 heteroatoms. The van der Waals surface area contributed by atoms with E-state index in [2.05, 4.69) is 27.7 Å². The molecule has 0 heterocycles. The molecule has 1 atom stereocenters. The van der Waals surface area contributed by atoms with Gasteiger partial charge in [0.05, 0.1) is 0 Å². The lowest BCUT2D eigenvalue weighted by molar-refractivity contribution is -0.167. The number of esters is 3. The second-order valence-corrected chi connectivity index (χ2v) is 18.3. The molecule has 0 aromatic rings. The van der Waals surface area contributed by atoms with Crippen molar-refractivity contribution >= 4 is 17.9 Å². The first-order valence-corrected chi connectivity index (χ1v) is 25.9. The van der Waals surface area contributed by atoms with Gasteiger partial charge in [0, 0.05) is 19.3 Å². The molecule has 0 rings (SSSR count). The summed E-state index contributed by atoms with van der Waals surface area (Å²) in [5, 5.41) is 0. The molecule has 0 saturated heterocycles. The van der Waals surface area contributed by atoms with Crippen molar-refractivity contribution < 1.29 is 28.6 Å². The molecule has 0 aliphatic rings. The molecule has 6 nitrogen and oxygen atoms in total. The second kappa shape index (κ2) is 46.5. The average molecular weight is 821 g/mol. The predicted octanol–water partition coefficient (Wildman–Crippen LogP) is 16.7. The fraction of sp³-hybridized carbons (Fsp3) is 0.942. The molecule has 0 aromatic heterocycles. The molecule has 0 aliphatic carbocycles. The highest BCUT2D eigenvalue weighted by atomic mass is 16.6. The minimum Gasteiger partial charge on any atom is -0.462 e. The molecule has 0 amide bonds. The first-order chi connectivity index (χ1) is 28.4. The summed E-state index contributed by atoms with van der Waals surface area (Å²) in [6.45, 7) is 9.00. The van der Waals surface area contributed by atoms with Crippen LogP contribution in [0.25, 0.3) is 0 Å². The minimum absolute atomic E-state index is 0.0633. The van der Waals surface area contributed by atoms with Gasteiger partial charge in [-0.15, -0.1) is 0 Å². The van der Waals surface area contributed by atoms with Crippen molar-refractivity contribution in [1.82, 2.24) is 0 Å². The summed E-state index contributed by atoms with van der Waals surface area (Å²) in [6.07, 6.45) is 48.2. The van der Waals surface area contributed by atoms with Crippen molar-refractivity contribution in [2.75, 3.05) is 13.2 Å². The molecule has 58 heavy (non-hydrogen) atoms. The summed E-state index contributed by atoms with van der Waals surface area (Å²) < 4.78 is 16.7. The van der Waals surface area contributed by atoms with Gasteiger partial charge in [-0.05, 0) is 25.2 Å². The van der Waals surface area contributed by atoms with Crippen LogP contribution in [0.1, 0.15) is 291 Å². The monoisotopic (exact) mass is 821 g/mol. The van der Waals surface area contributed by atoms with Crippen molar-refractivity contribution in [2.24, 2.45) is 5.92 Å². The number of carbonyl (C=O) groups excluding carboxylic acids is 3. The van der Waals surface area contributed by atoms with E-state index in [1.54, 1.807) is 0 Å². The number of rotatable bonds is 47. The van der Waals surface area contributed by atoms with Gasteiger partial charge in [0.1, 0.15) is 13.2 Å². The van der Waals surface area contributed by atoms with Crippen LogP contribution in [0.5, 0.6) is 0 Å². The Morgan fingerprint density at radius 1 is 0.328 bits per heavy atom. The van der Waals surface area contributed by atoms with Gasteiger partial charge >= 0.3 is 17.9 Å². The Morgan fingerprint density at radius 3 is 0.845 bits per heavy atom. The number of unbranched alkanes of at least 4 members (excludes halogenated alkanes) is 34. The van der Waals surface area contributed by atoms with Gasteiger partial charge in [-0.25, -0.2) is 0 Å². The van der Waals surface area contributed by atoms with Crippen LogP contribution in [0.4, 0.5) is 0 Å². The fourth-order valence-corrected chi connectivity index (χ4v) is 7.86. The minimum atomic E-state index is -0.759. The van der Waals surface area contributed by atoms with Gasteiger partial charge in [0.25, 0.3) is 0 Å². The second-order valence-electron chi connectivity index (χ2n) is 18.3. The highest BCUT2D eigenvalue weighted by Gasteiger charge is 2.19. The van der Waals surface area contributed by atoms with E-state index < -0.39 is 6.10 Å². The normalized spacial score (nSPS) is 11.9. The van der Waals surface area contributed by atoms with Crippen LogP contribution >= 0.6 is 0 Å². The zero-order valence-corrected chi connectivity index (χ0v) is 39.5. The Bertz CT molecular complexity index is 872. The van der Waals surface area contributed by atoms with Crippen molar-refractivity contribution in [3.63, 3.8) is 0 Å². The maximum Gasteiger partial charge on any atom is 0.306 e. The smallest absolute Gasteiger partial charge is 0.306 e. The summed E-state index contributed by atoms with van der Waals surface area (Å²) >= 11 is 0. The zero-order chi connectivity index (χ0) is 42.4. The molecule has 0 bridgehead atoms. The first kappa shape index (κ1) is 56.4. The highest BCUT2D eigenvalue weighted by molar-refractivity contribution is 5.71.